The van der Waals surface area contributed by atoms with Crippen LogP contribution in [0, 0.1) is 52.3 Å². The largest absolute Gasteiger partial charge is 0.478 e. The van der Waals surface area contributed by atoms with Crippen LogP contribution in [-0.2, 0) is 0 Å². The molecule has 1 aromatic carbocycles. The summed E-state index contributed by atoms with van der Waals surface area (Å²) in [5.41, 5.74) is 4.26. The monoisotopic (exact) mass is 601 g/mol. The molecule has 242 valence electrons. The Balaban J connectivity index is 1.03. The van der Waals surface area contributed by atoms with Gasteiger partial charge in [0.25, 0.3) is 0 Å². The zero-order valence-corrected chi connectivity index (χ0v) is 28.0. The van der Waals surface area contributed by atoms with Gasteiger partial charge in [0.15, 0.2) is 0 Å². The first-order chi connectivity index (χ1) is 21.1. The van der Waals surface area contributed by atoms with Gasteiger partial charge in [0, 0.05) is 31.2 Å². The van der Waals surface area contributed by atoms with Gasteiger partial charge in [0.05, 0.1) is 5.56 Å². The van der Waals surface area contributed by atoms with Crippen LogP contribution < -0.4 is 16.0 Å². The Labute approximate surface area is 266 Å². The van der Waals surface area contributed by atoms with Crippen molar-refractivity contribution in [2.24, 2.45) is 52.3 Å². The lowest BCUT2D eigenvalue weighted by molar-refractivity contribution is -0.164. The molecular weight excluding hydrogens is 542 g/mol. The Kier molecular flexibility index (Phi) is 8.32. The summed E-state index contributed by atoms with van der Waals surface area (Å²) >= 11 is 0. The second kappa shape index (κ2) is 11.8. The van der Waals surface area contributed by atoms with Gasteiger partial charge >= 0.3 is 5.97 Å². The van der Waals surface area contributed by atoms with Crippen molar-refractivity contribution in [1.82, 2.24) is 16.0 Å². The van der Waals surface area contributed by atoms with Crippen molar-refractivity contribution in [3.8, 4) is 0 Å². The molecule has 5 heteroatoms. The molecular formula is C39H59N3O2. The highest BCUT2D eigenvalue weighted by Gasteiger charge is 2.64. The van der Waals surface area contributed by atoms with Crippen molar-refractivity contribution in [2.75, 3.05) is 26.2 Å². The third-order valence-electron chi connectivity index (χ3n) is 14.8. The predicted octanol–water partition coefficient (Wildman–Crippen LogP) is 7.38. The molecule has 4 N–H and O–H groups in total. The normalized spacial score (nSPS) is 44.7. The third-order valence-corrected chi connectivity index (χ3v) is 14.8. The molecule has 1 heterocycles. The highest BCUT2D eigenvalue weighted by atomic mass is 16.4. The van der Waals surface area contributed by atoms with E-state index in [1.807, 2.05) is 12.1 Å². The van der Waals surface area contributed by atoms with Crippen molar-refractivity contribution >= 4 is 11.5 Å². The summed E-state index contributed by atoms with van der Waals surface area (Å²) in [5, 5.41) is 21.0. The zero-order chi connectivity index (χ0) is 30.7. The molecule has 6 aliphatic rings. The number of benzene rings is 1. The molecule has 7 rings (SSSR count). The smallest absolute Gasteiger partial charge is 0.335 e. The number of hydrogen-bond donors (Lipinski definition) is 4. The molecule has 5 nitrogen and oxygen atoms in total. The number of nitrogens with one attached hydrogen (secondary N) is 3. The van der Waals surface area contributed by atoms with E-state index >= 15 is 0 Å². The summed E-state index contributed by atoms with van der Waals surface area (Å²) in [6, 6.07) is 8.30. The lowest BCUT2D eigenvalue weighted by Gasteiger charge is -2.67. The van der Waals surface area contributed by atoms with E-state index in [0.717, 1.165) is 49.2 Å². The minimum atomic E-state index is -0.843. The molecule has 0 radical (unpaired) electrons. The molecule has 11 atom stereocenters. The highest BCUT2D eigenvalue weighted by Crippen LogP contribution is 2.70. The summed E-state index contributed by atoms with van der Waals surface area (Å²) in [7, 11) is 0. The van der Waals surface area contributed by atoms with Crippen LogP contribution in [0.4, 0.5) is 0 Å². The predicted molar refractivity (Wildman–Crippen MR) is 180 cm³/mol. The minimum Gasteiger partial charge on any atom is -0.478 e. The topological polar surface area (TPSA) is 73.4 Å². The van der Waals surface area contributed by atoms with Crippen LogP contribution >= 0.6 is 0 Å². The maximum atomic E-state index is 11.4. The highest BCUT2D eigenvalue weighted by molar-refractivity contribution is 5.88. The fraction of sp³-hybridized carbons (Fsp3) is 0.769. The van der Waals surface area contributed by atoms with Crippen LogP contribution in [0.1, 0.15) is 114 Å². The summed E-state index contributed by atoms with van der Waals surface area (Å²) in [5.74, 6) is 4.67. The van der Waals surface area contributed by atoms with E-state index in [-0.39, 0.29) is 0 Å². The number of hydrogen-bond acceptors (Lipinski definition) is 4. The maximum absolute atomic E-state index is 11.4. The Morgan fingerprint density at radius 2 is 1.73 bits per heavy atom. The Hall–Kier alpha value is -1.69. The molecule has 1 aliphatic heterocycles. The van der Waals surface area contributed by atoms with E-state index in [1.54, 1.807) is 12.1 Å². The van der Waals surface area contributed by atoms with Gasteiger partial charge in [-0.25, -0.2) is 4.79 Å². The van der Waals surface area contributed by atoms with E-state index < -0.39 is 5.97 Å². The van der Waals surface area contributed by atoms with Crippen molar-refractivity contribution in [2.45, 2.75) is 110 Å². The maximum Gasteiger partial charge on any atom is 0.335 e. The van der Waals surface area contributed by atoms with Crippen molar-refractivity contribution < 1.29 is 9.90 Å². The van der Waals surface area contributed by atoms with Crippen LogP contribution in [0.25, 0.3) is 5.57 Å². The molecule has 0 spiro atoms. The first-order valence-corrected chi connectivity index (χ1v) is 18.4. The van der Waals surface area contributed by atoms with E-state index in [2.05, 4.69) is 49.7 Å². The van der Waals surface area contributed by atoms with Crippen molar-refractivity contribution in [1.29, 1.82) is 0 Å². The van der Waals surface area contributed by atoms with Gasteiger partial charge in [0.2, 0.25) is 0 Å². The first-order valence-electron chi connectivity index (χ1n) is 18.4. The van der Waals surface area contributed by atoms with Gasteiger partial charge in [-0.15, -0.1) is 0 Å². The van der Waals surface area contributed by atoms with E-state index in [1.165, 1.54) is 88.3 Å². The number of rotatable bonds is 8. The SMILES string of the molecule is CC1CNC(CNCCN[C@]23CCC[C@@H]2[C@H]2CCC4[C@@]5(C)CC=C(c6ccc(C(=O)O)cc6)C(C)C5CC[C@@]4(C)C2CC3)C1. The van der Waals surface area contributed by atoms with E-state index in [9.17, 15) is 9.90 Å². The third kappa shape index (κ3) is 5.12. The number of aromatic carboxylic acids is 1. The first kappa shape index (κ1) is 30.9. The zero-order valence-electron chi connectivity index (χ0n) is 28.0. The summed E-state index contributed by atoms with van der Waals surface area (Å²) in [6.45, 7) is 14.7. The van der Waals surface area contributed by atoms with Crippen molar-refractivity contribution in [3.05, 3.63) is 41.5 Å². The van der Waals surface area contributed by atoms with Crippen LogP contribution in [0.3, 0.4) is 0 Å². The van der Waals surface area contributed by atoms with Crippen LogP contribution in [0.15, 0.2) is 30.3 Å². The molecule has 5 aliphatic carbocycles. The van der Waals surface area contributed by atoms with Crippen LogP contribution in [-0.4, -0.2) is 48.8 Å². The van der Waals surface area contributed by atoms with Gasteiger partial charge in [-0.05, 0) is 146 Å². The van der Waals surface area contributed by atoms with Gasteiger partial charge in [-0.2, -0.15) is 0 Å². The summed E-state index contributed by atoms with van der Waals surface area (Å²) in [6.07, 6.45) is 17.7. The van der Waals surface area contributed by atoms with Gasteiger partial charge < -0.3 is 21.1 Å². The van der Waals surface area contributed by atoms with Gasteiger partial charge in [-0.1, -0.05) is 52.3 Å². The lowest BCUT2D eigenvalue weighted by atomic mass is 9.38. The summed E-state index contributed by atoms with van der Waals surface area (Å²) in [4.78, 5) is 11.4. The molecule has 0 bridgehead atoms. The number of carbonyl (C=O) groups is 1. The molecule has 6 unspecified atom stereocenters. The number of carboxylic acid groups (broad SMARTS) is 1. The quantitative estimate of drug-likeness (QED) is 0.234. The number of carboxylic acids is 1. The average Bonchev–Trinajstić information content (AvgIpc) is 3.63. The Morgan fingerprint density at radius 3 is 2.48 bits per heavy atom. The van der Waals surface area contributed by atoms with E-state index in [0.29, 0.717) is 39.8 Å². The number of fused-ring (bicyclic) bond motifs is 7. The standard InChI is InChI=1S/C39H59N3O2/c1-25-22-29(41-23-25)24-40-20-21-42-39-16-5-6-34(39)31-11-12-35-37(3)17-13-30(27-7-9-28(10-8-27)36(43)44)26(2)32(37)14-18-38(35,4)33(31)15-19-39/h7-10,13,25-26,29,31-35,40-42H,5-6,11-12,14-24H2,1-4H3,(H,43,44)/t25?,26?,29?,31-,32?,33?,34+,35?,37-,38-,39-/m0/s1. The van der Waals surface area contributed by atoms with Crippen molar-refractivity contribution in [3.63, 3.8) is 0 Å². The molecule has 1 saturated heterocycles. The van der Waals surface area contributed by atoms with E-state index in [4.69, 9.17) is 0 Å². The summed E-state index contributed by atoms with van der Waals surface area (Å²) < 4.78 is 0. The molecule has 44 heavy (non-hydrogen) atoms. The second-order valence-corrected chi connectivity index (χ2v) is 16.9. The molecule has 4 saturated carbocycles. The lowest BCUT2D eigenvalue weighted by Crippen LogP contribution is -2.63. The van der Waals surface area contributed by atoms with Crippen LogP contribution in [0.5, 0.6) is 0 Å². The Morgan fingerprint density at radius 1 is 0.932 bits per heavy atom. The van der Waals surface area contributed by atoms with Crippen LogP contribution in [0.2, 0.25) is 0 Å². The number of allylic oxidation sites excluding steroid dienone is 2. The molecule has 1 aromatic rings. The fourth-order valence-electron chi connectivity index (χ4n) is 12.8. The van der Waals surface area contributed by atoms with Gasteiger partial charge in [-0.3, -0.25) is 0 Å². The fourth-order valence-corrected chi connectivity index (χ4v) is 12.8. The second-order valence-electron chi connectivity index (χ2n) is 16.9. The average molecular weight is 602 g/mol. The molecule has 0 aromatic heterocycles. The van der Waals surface area contributed by atoms with Gasteiger partial charge in [0.1, 0.15) is 0 Å². The molecule has 5 fully saturated rings. The Bertz CT molecular complexity index is 1240. The molecule has 0 amide bonds. The minimum absolute atomic E-state index is 0.363.